The van der Waals surface area contributed by atoms with E-state index in [0.29, 0.717) is 25.9 Å². The minimum atomic E-state index is -0.666. The molecule has 0 bridgehead atoms. The Balaban J connectivity index is 3.39. The molecule has 72 heavy (non-hydrogen) atoms. The Morgan fingerprint density at radius 1 is 0.389 bits per heavy atom. The second-order valence-electron chi connectivity index (χ2n) is 22.5. The Hall–Kier alpha value is -1.66. The van der Waals surface area contributed by atoms with Crippen molar-refractivity contribution in [3.05, 3.63) is 24.3 Å². The van der Waals surface area contributed by atoms with Crippen molar-refractivity contribution in [3.8, 4) is 0 Å². The maximum atomic E-state index is 12.5. The number of amides is 1. The molecule has 0 aromatic rings. The molecule has 2 atom stereocenters. The summed E-state index contributed by atoms with van der Waals surface area (Å²) in [6, 6.07) is -0.543. The molecule has 0 aliphatic rings. The van der Waals surface area contributed by atoms with E-state index in [2.05, 4.69) is 43.5 Å². The molecule has 0 fully saturated rings. The number of rotatable bonds is 61. The van der Waals surface area contributed by atoms with Gasteiger partial charge in [-0.3, -0.25) is 9.59 Å². The van der Waals surface area contributed by atoms with Crippen LogP contribution >= 0.6 is 0 Å². The number of carbonyl (C=O) groups is 2. The molecule has 0 aromatic carbocycles. The van der Waals surface area contributed by atoms with Gasteiger partial charge in [0.15, 0.2) is 0 Å². The summed E-state index contributed by atoms with van der Waals surface area (Å²) in [5.41, 5.74) is 0. The molecule has 6 nitrogen and oxygen atoms in total. The van der Waals surface area contributed by atoms with Crippen molar-refractivity contribution in [1.29, 1.82) is 0 Å². The van der Waals surface area contributed by atoms with Crippen LogP contribution in [0.3, 0.4) is 0 Å². The second kappa shape index (κ2) is 61.9. The summed E-state index contributed by atoms with van der Waals surface area (Å²) in [5, 5.41) is 23.4. The normalized spacial score (nSPS) is 12.7. The fraction of sp³-hybridized carbons (Fsp3) is 0.909. The minimum Gasteiger partial charge on any atom is -0.466 e. The molecule has 3 N–H and O–H groups in total. The van der Waals surface area contributed by atoms with E-state index in [4.69, 9.17) is 4.74 Å². The first kappa shape index (κ1) is 70.3. The maximum absolute atomic E-state index is 12.5. The van der Waals surface area contributed by atoms with Crippen LogP contribution in [-0.2, 0) is 14.3 Å². The van der Waals surface area contributed by atoms with E-state index in [-0.39, 0.29) is 18.5 Å². The van der Waals surface area contributed by atoms with Crippen molar-refractivity contribution < 1.29 is 24.5 Å². The van der Waals surface area contributed by atoms with E-state index >= 15 is 0 Å². The third-order valence-corrected chi connectivity index (χ3v) is 15.3. The molecule has 1 amide bonds. The zero-order valence-corrected chi connectivity index (χ0v) is 48.7. The summed E-state index contributed by atoms with van der Waals surface area (Å²) in [5.74, 6) is -0.0302. The van der Waals surface area contributed by atoms with Gasteiger partial charge in [-0.1, -0.05) is 314 Å². The van der Waals surface area contributed by atoms with Crippen LogP contribution in [0.25, 0.3) is 0 Å². The van der Waals surface area contributed by atoms with Gasteiger partial charge in [0.1, 0.15) is 0 Å². The highest BCUT2D eigenvalue weighted by Crippen LogP contribution is 2.18. The molecule has 0 saturated heterocycles. The summed E-state index contributed by atoms with van der Waals surface area (Å²) in [6.45, 7) is 4.95. The van der Waals surface area contributed by atoms with Gasteiger partial charge in [-0.25, -0.2) is 0 Å². The van der Waals surface area contributed by atoms with E-state index in [9.17, 15) is 19.8 Å². The number of hydrogen-bond donors (Lipinski definition) is 3. The monoisotopic (exact) mass is 1010 g/mol. The molecule has 0 saturated carbocycles. The highest BCUT2D eigenvalue weighted by Gasteiger charge is 2.20. The van der Waals surface area contributed by atoms with Crippen LogP contribution in [0, 0.1) is 0 Å². The average Bonchev–Trinajstić information content (AvgIpc) is 3.38. The second-order valence-corrected chi connectivity index (χ2v) is 22.5. The lowest BCUT2D eigenvalue weighted by molar-refractivity contribution is -0.143. The molecule has 0 rings (SSSR count). The molecule has 0 radical (unpaired) electrons. The molecule has 0 aliphatic heterocycles. The number of nitrogens with one attached hydrogen (secondary N) is 1. The van der Waals surface area contributed by atoms with E-state index in [1.165, 1.54) is 276 Å². The topological polar surface area (TPSA) is 95.9 Å². The number of carbonyl (C=O) groups excluding carboxylic acids is 2. The van der Waals surface area contributed by atoms with Gasteiger partial charge in [-0.05, 0) is 57.8 Å². The summed E-state index contributed by atoms with van der Waals surface area (Å²) in [7, 11) is 0. The molecular formula is C66H127NO5. The Morgan fingerprint density at radius 3 is 1.08 bits per heavy atom. The summed E-state index contributed by atoms with van der Waals surface area (Å²) in [6.07, 6.45) is 76.2. The quantitative estimate of drug-likeness (QED) is 0.0320. The van der Waals surface area contributed by atoms with Crippen LogP contribution in [0.1, 0.15) is 361 Å². The standard InChI is InChI=1S/C66H127NO5/c1-3-5-7-9-11-13-15-17-19-21-27-30-34-38-42-46-50-54-58-64(69)63(62-68)67-65(70)59-55-51-47-43-39-35-31-28-24-22-23-25-29-33-37-41-45-49-53-57-61-72-66(71)60-56-52-48-44-40-36-32-26-20-18-16-14-12-10-8-6-4-2/h12,14,18,20,63-64,68-69H,3-11,13,15-17,19,21-62H2,1-2H3,(H,67,70)/b14-12-,20-18-. The van der Waals surface area contributed by atoms with E-state index in [1.807, 2.05) is 0 Å². The Bertz CT molecular complexity index is 1120. The van der Waals surface area contributed by atoms with Crippen molar-refractivity contribution in [2.45, 2.75) is 373 Å². The minimum absolute atomic E-state index is 0.00361. The molecule has 2 unspecified atom stereocenters. The number of ether oxygens (including phenoxy) is 1. The molecule has 0 heterocycles. The zero-order chi connectivity index (χ0) is 52.2. The predicted molar refractivity (Wildman–Crippen MR) is 315 cm³/mol. The smallest absolute Gasteiger partial charge is 0.305 e. The highest BCUT2D eigenvalue weighted by molar-refractivity contribution is 5.76. The number of allylic oxidation sites excluding steroid dienone is 4. The first-order chi connectivity index (χ1) is 35.5. The van der Waals surface area contributed by atoms with Gasteiger partial charge < -0.3 is 20.3 Å². The van der Waals surface area contributed by atoms with Crippen molar-refractivity contribution >= 4 is 11.9 Å². The van der Waals surface area contributed by atoms with Crippen LogP contribution in [0.15, 0.2) is 24.3 Å². The van der Waals surface area contributed by atoms with Crippen molar-refractivity contribution in [1.82, 2.24) is 5.32 Å². The number of hydrogen-bond acceptors (Lipinski definition) is 5. The van der Waals surface area contributed by atoms with Gasteiger partial charge in [0, 0.05) is 12.8 Å². The molecule has 0 aliphatic carbocycles. The fourth-order valence-electron chi connectivity index (χ4n) is 10.3. The summed E-state index contributed by atoms with van der Waals surface area (Å²) < 4.78 is 5.49. The van der Waals surface area contributed by atoms with E-state index in [1.54, 1.807) is 0 Å². The molecule has 0 aromatic heterocycles. The highest BCUT2D eigenvalue weighted by atomic mass is 16.5. The van der Waals surface area contributed by atoms with Gasteiger partial charge in [0.05, 0.1) is 25.4 Å². The predicted octanol–water partition coefficient (Wildman–Crippen LogP) is 20.6. The largest absolute Gasteiger partial charge is 0.466 e. The Labute approximate surface area is 450 Å². The first-order valence-corrected chi connectivity index (χ1v) is 32.6. The van der Waals surface area contributed by atoms with Crippen molar-refractivity contribution in [2.24, 2.45) is 0 Å². The van der Waals surface area contributed by atoms with Gasteiger partial charge in [0.25, 0.3) is 0 Å². The lowest BCUT2D eigenvalue weighted by atomic mass is 10.0. The molecular weight excluding hydrogens is 887 g/mol. The first-order valence-electron chi connectivity index (χ1n) is 32.6. The number of esters is 1. The van der Waals surface area contributed by atoms with Gasteiger partial charge in [0.2, 0.25) is 5.91 Å². The van der Waals surface area contributed by atoms with Gasteiger partial charge in [-0.15, -0.1) is 0 Å². The Kier molecular flexibility index (Phi) is 60.5. The third kappa shape index (κ3) is 57.6. The molecule has 6 heteroatoms. The maximum Gasteiger partial charge on any atom is 0.305 e. The lowest BCUT2D eigenvalue weighted by Gasteiger charge is -2.22. The zero-order valence-electron chi connectivity index (χ0n) is 48.7. The van der Waals surface area contributed by atoms with Crippen LogP contribution in [0.5, 0.6) is 0 Å². The molecule has 0 spiro atoms. The van der Waals surface area contributed by atoms with Crippen LogP contribution in [0.4, 0.5) is 0 Å². The summed E-state index contributed by atoms with van der Waals surface area (Å²) in [4.78, 5) is 24.6. The van der Waals surface area contributed by atoms with Crippen LogP contribution < -0.4 is 5.32 Å². The van der Waals surface area contributed by atoms with Gasteiger partial charge in [-0.2, -0.15) is 0 Å². The average molecular weight is 1010 g/mol. The van der Waals surface area contributed by atoms with E-state index in [0.717, 1.165) is 51.4 Å². The Morgan fingerprint density at radius 2 is 0.694 bits per heavy atom. The lowest BCUT2D eigenvalue weighted by Crippen LogP contribution is -2.45. The number of aliphatic hydroxyl groups is 2. The van der Waals surface area contributed by atoms with Crippen molar-refractivity contribution in [2.75, 3.05) is 13.2 Å². The molecule has 426 valence electrons. The number of unbranched alkanes of at least 4 members (excludes halogenated alkanes) is 46. The van der Waals surface area contributed by atoms with E-state index < -0.39 is 12.1 Å². The van der Waals surface area contributed by atoms with Crippen molar-refractivity contribution in [3.63, 3.8) is 0 Å². The number of aliphatic hydroxyl groups excluding tert-OH is 2. The van der Waals surface area contributed by atoms with Gasteiger partial charge >= 0.3 is 5.97 Å². The third-order valence-electron chi connectivity index (χ3n) is 15.3. The van der Waals surface area contributed by atoms with Crippen LogP contribution in [-0.4, -0.2) is 47.4 Å². The van der Waals surface area contributed by atoms with Crippen LogP contribution in [0.2, 0.25) is 0 Å². The fourth-order valence-corrected chi connectivity index (χ4v) is 10.3. The SMILES string of the molecule is CCCCC/C=C\C/C=C\CCCCCCCCCC(=O)OCCCCCCCCCCCCCCCCCCCCCCC(=O)NC(CO)C(O)CCCCCCCCCCCCCCCCCCCC. The summed E-state index contributed by atoms with van der Waals surface area (Å²) >= 11 is 0.